The predicted octanol–water partition coefficient (Wildman–Crippen LogP) is 4.60. The summed E-state index contributed by atoms with van der Waals surface area (Å²) in [6.07, 6.45) is -0.667. The number of fused-ring (bicyclic) bond motifs is 4. The summed E-state index contributed by atoms with van der Waals surface area (Å²) in [6.45, 7) is 1.45. The highest BCUT2D eigenvalue weighted by molar-refractivity contribution is 6.33. The fraction of sp³-hybridized carbons (Fsp3) is 0.333. The lowest BCUT2D eigenvalue weighted by atomic mass is 10.1. The molecule has 37 heavy (non-hydrogen) atoms. The van der Waals surface area contributed by atoms with Gasteiger partial charge in [0.1, 0.15) is 0 Å². The number of amides is 2. The van der Waals surface area contributed by atoms with Gasteiger partial charge < -0.3 is 14.7 Å². The second-order valence-corrected chi connectivity index (χ2v) is 9.00. The van der Waals surface area contributed by atoms with Crippen molar-refractivity contribution in [2.45, 2.75) is 25.1 Å². The van der Waals surface area contributed by atoms with Crippen molar-refractivity contribution in [3.63, 3.8) is 0 Å². The van der Waals surface area contributed by atoms with Crippen LogP contribution < -0.4 is 19.9 Å². The summed E-state index contributed by atoms with van der Waals surface area (Å²) in [5.41, 5.74) is 0.135. The van der Waals surface area contributed by atoms with Crippen LogP contribution in [0.15, 0.2) is 42.7 Å². The second-order valence-electron chi connectivity index (χ2n) is 8.60. The predicted molar refractivity (Wildman–Crippen MR) is 131 cm³/mol. The van der Waals surface area contributed by atoms with Gasteiger partial charge in [0.25, 0.3) is 0 Å². The summed E-state index contributed by atoms with van der Waals surface area (Å²) in [5, 5.41) is 11.8. The maximum Gasteiger partial charge on any atom is 0.416 e. The van der Waals surface area contributed by atoms with Crippen LogP contribution in [0.5, 0.6) is 5.88 Å². The molecule has 0 radical (unpaired) electrons. The van der Waals surface area contributed by atoms with E-state index in [9.17, 15) is 18.0 Å². The molecule has 5 rings (SSSR count). The number of hydrogen-bond acceptors (Lipinski definition) is 7. The lowest BCUT2D eigenvalue weighted by Crippen LogP contribution is -2.48. The molecule has 1 atom stereocenters. The van der Waals surface area contributed by atoms with Gasteiger partial charge >= 0.3 is 12.2 Å². The fourth-order valence-corrected chi connectivity index (χ4v) is 4.67. The minimum atomic E-state index is -4.52. The molecular formula is C24H22ClF3N6O3. The van der Waals surface area contributed by atoms with E-state index in [0.29, 0.717) is 37.4 Å². The zero-order chi connectivity index (χ0) is 26.2. The third-order valence-electron chi connectivity index (χ3n) is 6.12. The average Bonchev–Trinajstić information content (AvgIpc) is 3.29. The van der Waals surface area contributed by atoms with Crippen molar-refractivity contribution in [2.75, 3.05) is 41.4 Å². The molecule has 0 unspecified atom stereocenters. The number of ether oxygens (including phenoxy) is 1. The van der Waals surface area contributed by atoms with Crippen LogP contribution in [0.4, 0.5) is 35.3 Å². The highest BCUT2D eigenvalue weighted by Crippen LogP contribution is 2.43. The SMILES string of the molecule is O=C(Nc1cncc(OCCCO)n1)N1c2nc(-c3cccc(C(F)(F)F)c3)c(Cl)cc2N2CC[C@H]1C2. The van der Waals surface area contributed by atoms with Crippen molar-refractivity contribution in [3.8, 4) is 17.1 Å². The third-order valence-corrected chi connectivity index (χ3v) is 6.40. The molecule has 2 aliphatic heterocycles. The molecule has 2 bridgehead atoms. The van der Waals surface area contributed by atoms with Crippen LogP contribution in [0.3, 0.4) is 0 Å². The Morgan fingerprint density at radius 2 is 2.08 bits per heavy atom. The lowest BCUT2D eigenvalue weighted by molar-refractivity contribution is -0.137. The number of aromatic nitrogens is 3. The van der Waals surface area contributed by atoms with Crippen LogP contribution in [0.25, 0.3) is 11.3 Å². The molecule has 0 aliphatic carbocycles. The zero-order valence-electron chi connectivity index (χ0n) is 19.4. The first kappa shape index (κ1) is 25.0. The van der Waals surface area contributed by atoms with Crippen LogP contribution in [0.2, 0.25) is 5.02 Å². The molecule has 3 aromatic rings. The minimum absolute atomic E-state index is 0.0316. The van der Waals surface area contributed by atoms with E-state index in [-0.39, 0.29) is 47.2 Å². The molecule has 0 saturated carbocycles. The maximum absolute atomic E-state index is 13.4. The van der Waals surface area contributed by atoms with E-state index in [1.807, 2.05) is 4.90 Å². The standard InChI is InChI=1S/C24H22ClF3N6O3/c25-17-10-18-22(32-21(17)14-3-1-4-15(9-14)24(26,27)28)34(16-5-6-33(18)13-16)23(36)31-19-11-29-12-20(30-19)37-8-2-7-35/h1,3-4,9-12,16,35H,2,5-8,13H2,(H,30,31,36)/t16-/m0/s1. The molecular weight excluding hydrogens is 513 g/mol. The Labute approximate surface area is 214 Å². The van der Waals surface area contributed by atoms with Crippen molar-refractivity contribution in [2.24, 2.45) is 0 Å². The number of nitrogens with zero attached hydrogens (tertiary/aromatic N) is 5. The Balaban J connectivity index is 1.47. The monoisotopic (exact) mass is 534 g/mol. The number of halogens is 4. The molecule has 1 saturated heterocycles. The molecule has 1 fully saturated rings. The van der Waals surface area contributed by atoms with Crippen molar-refractivity contribution in [1.29, 1.82) is 0 Å². The number of hydrogen-bond donors (Lipinski definition) is 2. The first-order chi connectivity index (χ1) is 17.7. The largest absolute Gasteiger partial charge is 0.476 e. The Hall–Kier alpha value is -3.64. The first-order valence-electron chi connectivity index (χ1n) is 11.5. The van der Waals surface area contributed by atoms with Gasteiger partial charge in [-0.15, -0.1) is 0 Å². The van der Waals surface area contributed by atoms with E-state index in [1.165, 1.54) is 29.4 Å². The molecule has 2 amide bonds. The minimum Gasteiger partial charge on any atom is -0.476 e. The van der Waals surface area contributed by atoms with Crippen molar-refractivity contribution in [3.05, 3.63) is 53.3 Å². The molecule has 2 aromatic heterocycles. The average molecular weight is 535 g/mol. The van der Waals surface area contributed by atoms with Crippen molar-refractivity contribution in [1.82, 2.24) is 15.0 Å². The van der Waals surface area contributed by atoms with E-state index < -0.39 is 17.8 Å². The number of alkyl halides is 3. The number of pyridine rings is 1. The van der Waals surface area contributed by atoms with Crippen LogP contribution >= 0.6 is 11.6 Å². The highest BCUT2D eigenvalue weighted by Gasteiger charge is 2.41. The molecule has 1 aromatic carbocycles. The maximum atomic E-state index is 13.4. The van der Waals surface area contributed by atoms with E-state index in [1.54, 1.807) is 6.07 Å². The summed E-state index contributed by atoms with van der Waals surface area (Å²) in [5.74, 6) is 0.640. The van der Waals surface area contributed by atoms with E-state index >= 15 is 0 Å². The Morgan fingerprint density at radius 1 is 1.24 bits per heavy atom. The number of anilines is 3. The molecule has 9 nitrogen and oxygen atoms in total. The number of rotatable bonds is 6. The van der Waals surface area contributed by atoms with Gasteiger partial charge in [-0.25, -0.2) is 9.78 Å². The molecule has 2 aliphatic rings. The zero-order valence-corrected chi connectivity index (χ0v) is 20.1. The van der Waals surface area contributed by atoms with Gasteiger partial charge in [0.2, 0.25) is 5.88 Å². The summed E-state index contributed by atoms with van der Waals surface area (Å²) in [6, 6.07) is 5.67. The normalized spacial score (nSPS) is 16.5. The number of carbonyl (C=O) groups is 1. The topological polar surface area (TPSA) is 104 Å². The third kappa shape index (κ3) is 5.12. The van der Waals surface area contributed by atoms with E-state index in [4.69, 9.17) is 21.4 Å². The van der Waals surface area contributed by atoms with Crippen LogP contribution in [-0.2, 0) is 6.18 Å². The number of urea groups is 1. The second kappa shape index (κ2) is 10.0. The number of nitrogens with one attached hydrogen (secondary N) is 1. The number of aliphatic hydroxyl groups excluding tert-OH is 1. The molecule has 13 heteroatoms. The van der Waals surface area contributed by atoms with Gasteiger partial charge in [0.15, 0.2) is 11.6 Å². The molecule has 194 valence electrons. The molecule has 2 N–H and O–H groups in total. The van der Waals surface area contributed by atoms with Crippen LogP contribution in [0, 0.1) is 0 Å². The van der Waals surface area contributed by atoms with Crippen LogP contribution in [0.1, 0.15) is 18.4 Å². The number of carbonyl (C=O) groups excluding carboxylic acids is 1. The summed E-state index contributed by atoms with van der Waals surface area (Å²) in [7, 11) is 0. The molecule has 4 heterocycles. The van der Waals surface area contributed by atoms with Gasteiger partial charge in [0.05, 0.1) is 47.0 Å². The Kier molecular flexibility index (Phi) is 6.78. The first-order valence-corrected chi connectivity index (χ1v) is 11.9. The van der Waals surface area contributed by atoms with Gasteiger partial charge in [-0.05, 0) is 24.6 Å². The Bertz CT molecular complexity index is 1330. The molecule has 0 spiro atoms. The van der Waals surface area contributed by atoms with Gasteiger partial charge in [0, 0.05) is 31.7 Å². The Morgan fingerprint density at radius 3 is 2.86 bits per heavy atom. The van der Waals surface area contributed by atoms with E-state index in [0.717, 1.165) is 12.1 Å². The fourth-order valence-electron chi connectivity index (χ4n) is 4.42. The van der Waals surface area contributed by atoms with Crippen LogP contribution in [-0.4, -0.2) is 58.4 Å². The lowest BCUT2D eigenvalue weighted by Gasteiger charge is -2.36. The van der Waals surface area contributed by atoms with Gasteiger partial charge in [-0.1, -0.05) is 23.7 Å². The van der Waals surface area contributed by atoms with Gasteiger partial charge in [-0.3, -0.25) is 15.2 Å². The summed E-state index contributed by atoms with van der Waals surface area (Å²) >= 11 is 6.49. The summed E-state index contributed by atoms with van der Waals surface area (Å²) in [4.78, 5) is 29.8. The van der Waals surface area contributed by atoms with Gasteiger partial charge in [-0.2, -0.15) is 18.2 Å². The van der Waals surface area contributed by atoms with Crippen molar-refractivity contribution < 1.29 is 27.8 Å². The smallest absolute Gasteiger partial charge is 0.416 e. The summed E-state index contributed by atoms with van der Waals surface area (Å²) < 4.78 is 45.3. The quantitative estimate of drug-likeness (QED) is 0.445. The highest BCUT2D eigenvalue weighted by atomic mass is 35.5. The number of benzene rings is 1. The number of aliphatic hydroxyl groups is 1. The van der Waals surface area contributed by atoms with Crippen molar-refractivity contribution >= 4 is 35.0 Å². The van der Waals surface area contributed by atoms with E-state index in [2.05, 4.69) is 20.3 Å².